The topological polar surface area (TPSA) is 59.4 Å². The number of carboxylic acid groups (broad SMARTS) is 1. The molecule has 1 heterocycles. The zero-order valence-electron chi connectivity index (χ0n) is 9.23. The quantitative estimate of drug-likeness (QED) is 0.930. The second kappa shape index (κ2) is 5.42. The second-order valence-electron chi connectivity index (χ2n) is 3.46. The number of rotatable bonds is 3. The van der Waals surface area contributed by atoms with E-state index in [-0.39, 0.29) is 27.2 Å². The van der Waals surface area contributed by atoms with Gasteiger partial charge in [-0.1, -0.05) is 23.2 Å². The van der Waals surface area contributed by atoms with Gasteiger partial charge in [0.2, 0.25) is 5.88 Å². The van der Waals surface area contributed by atoms with Crippen LogP contribution in [0.1, 0.15) is 10.4 Å². The number of nitrogens with zero attached hydrogens (tertiary/aromatic N) is 1. The molecule has 2 rings (SSSR count). The van der Waals surface area contributed by atoms with Gasteiger partial charge in [0.05, 0.1) is 10.6 Å². The van der Waals surface area contributed by atoms with Gasteiger partial charge in [-0.15, -0.1) is 0 Å². The number of aromatic carboxylic acids is 1. The third-order valence-electron chi connectivity index (χ3n) is 2.19. The summed E-state index contributed by atoms with van der Waals surface area (Å²) in [5.74, 6) is -1.71. The van der Waals surface area contributed by atoms with E-state index in [1.165, 1.54) is 18.3 Å². The van der Waals surface area contributed by atoms with E-state index in [2.05, 4.69) is 4.98 Å². The van der Waals surface area contributed by atoms with Crippen molar-refractivity contribution >= 4 is 29.2 Å². The zero-order valence-corrected chi connectivity index (χ0v) is 10.7. The maximum absolute atomic E-state index is 12.9. The van der Waals surface area contributed by atoms with Crippen LogP contribution in [0.25, 0.3) is 0 Å². The summed E-state index contributed by atoms with van der Waals surface area (Å²) < 4.78 is 18.2. The lowest BCUT2D eigenvalue weighted by Crippen LogP contribution is -2.00. The SMILES string of the molecule is O=C(O)c1ccnc(Oc2ccc(F)cc2Cl)c1Cl. The van der Waals surface area contributed by atoms with Gasteiger partial charge in [0.15, 0.2) is 0 Å². The first kappa shape index (κ1) is 13.6. The average Bonchev–Trinajstić information content (AvgIpc) is 2.34. The predicted octanol–water partition coefficient (Wildman–Crippen LogP) is 4.02. The first-order chi connectivity index (χ1) is 8.99. The molecule has 0 saturated carbocycles. The Kier molecular flexibility index (Phi) is 3.87. The summed E-state index contributed by atoms with van der Waals surface area (Å²) in [6.07, 6.45) is 1.24. The zero-order chi connectivity index (χ0) is 14.0. The minimum Gasteiger partial charge on any atom is -0.478 e. The lowest BCUT2D eigenvalue weighted by Gasteiger charge is -2.09. The molecule has 0 saturated heterocycles. The summed E-state index contributed by atoms with van der Waals surface area (Å²) in [4.78, 5) is 14.7. The molecule has 0 spiro atoms. The number of hydrogen-bond donors (Lipinski definition) is 1. The first-order valence-electron chi connectivity index (χ1n) is 4.99. The van der Waals surface area contributed by atoms with Crippen molar-refractivity contribution < 1.29 is 19.0 Å². The summed E-state index contributed by atoms with van der Waals surface area (Å²) in [6, 6.07) is 4.74. The third kappa shape index (κ3) is 2.94. The standard InChI is InChI=1S/C12H6Cl2FNO3/c13-8-5-6(15)1-2-9(8)19-11-10(14)7(12(17)18)3-4-16-11/h1-5H,(H,17,18). The van der Waals surface area contributed by atoms with E-state index in [1.807, 2.05) is 0 Å². The highest BCUT2D eigenvalue weighted by Crippen LogP contribution is 2.33. The number of carbonyl (C=O) groups is 1. The fraction of sp³-hybridized carbons (Fsp3) is 0. The van der Waals surface area contributed by atoms with Crippen molar-refractivity contribution in [1.82, 2.24) is 4.98 Å². The van der Waals surface area contributed by atoms with Crippen LogP contribution in [0.4, 0.5) is 4.39 Å². The minimum absolute atomic E-state index is 0.0265. The van der Waals surface area contributed by atoms with Gasteiger partial charge in [-0.3, -0.25) is 0 Å². The smallest absolute Gasteiger partial charge is 0.337 e. The first-order valence-corrected chi connectivity index (χ1v) is 5.75. The van der Waals surface area contributed by atoms with Crippen molar-refractivity contribution in [3.8, 4) is 11.6 Å². The average molecular weight is 302 g/mol. The number of aromatic nitrogens is 1. The van der Waals surface area contributed by atoms with Crippen molar-refractivity contribution in [2.75, 3.05) is 0 Å². The Morgan fingerprint density at radius 1 is 1.32 bits per heavy atom. The Balaban J connectivity index is 2.38. The number of benzene rings is 1. The molecule has 2 aromatic rings. The molecular weight excluding hydrogens is 296 g/mol. The Hall–Kier alpha value is -1.85. The van der Waals surface area contributed by atoms with Crippen LogP contribution >= 0.6 is 23.2 Å². The van der Waals surface area contributed by atoms with Gasteiger partial charge in [-0.25, -0.2) is 14.2 Å². The highest BCUT2D eigenvalue weighted by molar-refractivity contribution is 6.35. The van der Waals surface area contributed by atoms with E-state index in [1.54, 1.807) is 0 Å². The van der Waals surface area contributed by atoms with Gasteiger partial charge in [0, 0.05) is 6.20 Å². The van der Waals surface area contributed by atoms with Crippen LogP contribution < -0.4 is 4.74 Å². The summed E-state index contributed by atoms with van der Waals surface area (Å²) in [7, 11) is 0. The molecule has 0 aliphatic rings. The van der Waals surface area contributed by atoms with Crippen molar-refractivity contribution in [3.63, 3.8) is 0 Å². The summed E-state index contributed by atoms with van der Waals surface area (Å²) in [6.45, 7) is 0. The van der Waals surface area contributed by atoms with Crippen LogP contribution in [0.2, 0.25) is 10.0 Å². The van der Waals surface area contributed by atoms with Crippen molar-refractivity contribution in [2.45, 2.75) is 0 Å². The second-order valence-corrected chi connectivity index (χ2v) is 4.24. The van der Waals surface area contributed by atoms with Crippen LogP contribution in [-0.2, 0) is 0 Å². The van der Waals surface area contributed by atoms with E-state index in [0.717, 1.165) is 12.1 Å². The van der Waals surface area contributed by atoms with Crippen molar-refractivity contribution in [1.29, 1.82) is 0 Å². The maximum atomic E-state index is 12.9. The fourth-order valence-corrected chi connectivity index (χ4v) is 1.76. The highest BCUT2D eigenvalue weighted by Gasteiger charge is 2.16. The lowest BCUT2D eigenvalue weighted by atomic mass is 10.2. The summed E-state index contributed by atoms with van der Waals surface area (Å²) >= 11 is 11.6. The number of halogens is 3. The van der Waals surface area contributed by atoms with Crippen LogP contribution in [0.3, 0.4) is 0 Å². The number of hydrogen-bond acceptors (Lipinski definition) is 3. The van der Waals surface area contributed by atoms with Crippen LogP contribution in [0.15, 0.2) is 30.5 Å². The number of carboxylic acids is 1. The molecule has 1 N–H and O–H groups in total. The lowest BCUT2D eigenvalue weighted by molar-refractivity contribution is 0.0696. The van der Waals surface area contributed by atoms with Gasteiger partial charge >= 0.3 is 5.97 Å². The van der Waals surface area contributed by atoms with E-state index >= 15 is 0 Å². The van der Waals surface area contributed by atoms with Crippen LogP contribution in [-0.4, -0.2) is 16.1 Å². The van der Waals surface area contributed by atoms with Gasteiger partial charge < -0.3 is 9.84 Å². The van der Waals surface area contributed by atoms with E-state index in [0.29, 0.717) is 0 Å². The molecule has 0 bridgehead atoms. The molecule has 19 heavy (non-hydrogen) atoms. The highest BCUT2D eigenvalue weighted by atomic mass is 35.5. The van der Waals surface area contributed by atoms with Gasteiger partial charge in [0.25, 0.3) is 0 Å². The molecule has 1 aromatic carbocycles. The molecular formula is C12H6Cl2FNO3. The third-order valence-corrected chi connectivity index (χ3v) is 2.85. The van der Waals surface area contributed by atoms with Gasteiger partial charge in [-0.05, 0) is 24.3 Å². The van der Waals surface area contributed by atoms with Crippen molar-refractivity contribution in [2.24, 2.45) is 0 Å². The molecule has 0 aliphatic heterocycles. The minimum atomic E-state index is -1.21. The molecule has 0 atom stereocenters. The molecule has 0 radical (unpaired) electrons. The molecule has 0 unspecified atom stereocenters. The van der Waals surface area contributed by atoms with Crippen molar-refractivity contribution in [3.05, 3.63) is 51.9 Å². The predicted molar refractivity (Wildman–Crippen MR) is 67.7 cm³/mol. The molecule has 0 amide bonds. The molecule has 0 aliphatic carbocycles. The van der Waals surface area contributed by atoms with Crippen LogP contribution in [0, 0.1) is 5.82 Å². The summed E-state index contributed by atoms with van der Waals surface area (Å²) in [5.41, 5.74) is -0.148. The largest absolute Gasteiger partial charge is 0.478 e. The Labute approximate surface area is 117 Å². The molecule has 98 valence electrons. The number of ether oxygens (including phenoxy) is 1. The Morgan fingerprint density at radius 2 is 2.05 bits per heavy atom. The van der Waals surface area contributed by atoms with E-state index in [4.69, 9.17) is 33.0 Å². The molecule has 7 heteroatoms. The van der Waals surface area contributed by atoms with E-state index < -0.39 is 11.8 Å². The fourth-order valence-electron chi connectivity index (χ4n) is 1.32. The summed E-state index contributed by atoms with van der Waals surface area (Å²) in [5, 5.41) is 8.77. The monoisotopic (exact) mass is 301 g/mol. The van der Waals surface area contributed by atoms with Crippen LogP contribution in [0.5, 0.6) is 11.6 Å². The van der Waals surface area contributed by atoms with Gasteiger partial charge in [-0.2, -0.15) is 0 Å². The molecule has 4 nitrogen and oxygen atoms in total. The van der Waals surface area contributed by atoms with Gasteiger partial charge in [0.1, 0.15) is 16.6 Å². The Bertz CT molecular complexity index is 649. The maximum Gasteiger partial charge on any atom is 0.337 e. The van der Waals surface area contributed by atoms with E-state index in [9.17, 15) is 9.18 Å². The number of pyridine rings is 1. The molecule has 1 aromatic heterocycles. The normalized spacial score (nSPS) is 10.3. The molecule has 0 fully saturated rings. The Morgan fingerprint density at radius 3 is 2.68 bits per heavy atom.